The molecule has 0 saturated carbocycles. The van der Waals surface area contributed by atoms with Crippen LogP contribution < -0.4 is 9.47 Å². The van der Waals surface area contributed by atoms with Gasteiger partial charge in [0, 0.05) is 0 Å². The van der Waals surface area contributed by atoms with Gasteiger partial charge in [-0.1, -0.05) is 12.1 Å². The summed E-state index contributed by atoms with van der Waals surface area (Å²) >= 11 is 0. The van der Waals surface area contributed by atoms with Crippen molar-refractivity contribution in [2.75, 3.05) is 13.7 Å². The molecule has 0 fully saturated rings. The predicted octanol–water partition coefficient (Wildman–Crippen LogP) is 4.96. The second kappa shape index (κ2) is 9.80. The molecule has 1 aromatic heterocycles. The summed E-state index contributed by atoms with van der Waals surface area (Å²) in [4.78, 5) is 27.9. The third kappa shape index (κ3) is 5.85. The number of pyridine rings is 1. The largest absolute Gasteiger partial charge is 0.513 e. The SMILES string of the molecule is COC(=O)Oc1c(C)nc(C)c(OC(=O)OCCC#N)c1-c1cccc(C(F)(F)F)c1. The van der Waals surface area contributed by atoms with Crippen molar-refractivity contribution in [3.05, 3.63) is 41.2 Å². The van der Waals surface area contributed by atoms with Gasteiger partial charge in [0.25, 0.3) is 0 Å². The summed E-state index contributed by atoms with van der Waals surface area (Å²) in [7, 11) is 1.05. The molecule has 0 amide bonds. The first-order valence-corrected chi connectivity index (χ1v) is 8.74. The van der Waals surface area contributed by atoms with Crippen LogP contribution in [-0.2, 0) is 15.7 Å². The molecule has 0 atom stereocenters. The quantitative estimate of drug-likeness (QED) is 0.476. The number of nitrogens with zero attached hydrogens (tertiary/aromatic N) is 2. The molecule has 1 heterocycles. The Morgan fingerprint density at radius 1 is 1.10 bits per heavy atom. The molecule has 0 unspecified atom stereocenters. The van der Waals surface area contributed by atoms with E-state index in [4.69, 9.17) is 19.5 Å². The van der Waals surface area contributed by atoms with Gasteiger partial charge in [-0.3, -0.25) is 4.98 Å². The van der Waals surface area contributed by atoms with Crippen molar-refractivity contribution in [3.8, 4) is 28.7 Å². The number of aryl methyl sites for hydroxylation is 2. The monoisotopic (exact) mass is 438 g/mol. The highest BCUT2D eigenvalue weighted by Crippen LogP contribution is 2.43. The number of nitriles is 1. The van der Waals surface area contributed by atoms with Crippen LogP contribution in [0.4, 0.5) is 22.8 Å². The molecular formula is C20H17F3N2O6. The second-order valence-corrected chi connectivity index (χ2v) is 6.06. The van der Waals surface area contributed by atoms with Crippen LogP contribution >= 0.6 is 0 Å². The first-order chi connectivity index (χ1) is 14.6. The standard InChI is InChI=1S/C20H17F3N2O6/c1-11-16(30-18(26)28-3)15(13-6-4-7-14(10-13)20(21,22)23)17(12(2)25-11)31-19(27)29-9-5-8-24/h4,6-7,10H,5,9H2,1-3H3. The van der Waals surface area contributed by atoms with Crippen LogP contribution in [0, 0.1) is 25.2 Å². The summed E-state index contributed by atoms with van der Waals surface area (Å²) in [5.41, 5.74) is -0.885. The third-order valence-corrected chi connectivity index (χ3v) is 3.90. The van der Waals surface area contributed by atoms with E-state index in [1.54, 1.807) is 6.07 Å². The summed E-state index contributed by atoms with van der Waals surface area (Å²) in [6.45, 7) is 2.65. The lowest BCUT2D eigenvalue weighted by molar-refractivity contribution is -0.137. The number of ether oxygens (including phenoxy) is 4. The number of methoxy groups -OCH3 is 1. The Bertz CT molecular complexity index is 1030. The van der Waals surface area contributed by atoms with E-state index in [1.165, 1.54) is 19.9 Å². The molecule has 0 bridgehead atoms. The number of hydrogen-bond donors (Lipinski definition) is 0. The van der Waals surface area contributed by atoms with Crippen molar-refractivity contribution >= 4 is 12.3 Å². The third-order valence-electron chi connectivity index (χ3n) is 3.90. The van der Waals surface area contributed by atoms with E-state index >= 15 is 0 Å². The van der Waals surface area contributed by atoms with Crippen LogP contribution in [-0.4, -0.2) is 31.0 Å². The van der Waals surface area contributed by atoms with Crippen molar-refractivity contribution in [2.24, 2.45) is 0 Å². The van der Waals surface area contributed by atoms with Gasteiger partial charge in [-0.15, -0.1) is 0 Å². The minimum Gasteiger partial charge on any atom is -0.437 e. The predicted molar refractivity (Wildman–Crippen MR) is 99.4 cm³/mol. The van der Waals surface area contributed by atoms with E-state index in [9.17, 15) is 22.8 Å². The van der Waals surface area contributed by atoms with Crippen LogP contribution in [0.15, 0.2) is 24.3 Å². The Morgan fingerprint density at radius 3 is 2.26 bits per heavy atom. The smallest absolute Gasteiger partial charge is 0.437 e. The molecule has 2 rings (SSSR count). The maximum atomic E-state index is 13.2. The highest BCUT2D eigenvalue weighted by molar-refractivity contribution is 5.83. The van der Waals surface area contributed by atoms with Gasteiger partial charge < -0.3 is 18.9 Å². The maximum Gasteiger partial charge on any atom is 0.513 e. The lowest BCUT2D eigenvalue weighted by Gasteiger charge is -2.18. The van der Waals surface area contributed by atoms with E-state index in [0.717, 1.165) is 25.3 Å². The molecule has 8 nitrogen and oxygen atoms in total. The van der Waals surface area contributed by atoms with Crippen LogP contribution in [0.5, 0.6) is 11.5 Å². The summed E-state index contributed by atoms with van der Waals surface area (Å²) in [6, 6.07) is 5.93. The number of rotatable bonds is 5. The Hall–Kier alpha value is -3.81. The number of halogens is 3. The van der Waals surface area contributed by atoms with Gasteiger partial charge in [0.2, 0.25) is 0 Å². The molecule has 0 N–H and O–H groups in total. The normalized spacial score (nSPS) is 10.7. The van der Waals surface area contributed by atoms with Gasteiger partial charge in [0.05, 0.1) is 42.1 Å². The zero-order chi connectivity index (χ0) is 23.2. The second-order valence-electron chi connectivity index (χ2n) is 6.06. The number of carbonyl (C=O) groups excluding carboxylic acids is 2. The van der Waals surface area contributed by atoms with E-state index in [0.29, 0.717) is 0 Å². The van der Waals surface area contributed by atoms with E-state index in [1.807, 2.05) is 0 Å². The summed E-state index contributed by atoms with van der Waals surface area (Å²) in [6.07, 6.45) is -7.09. The van der Waals surface area contributed by atoms with Crippen LogP contribution in [0.3, 0.4) is 0 Å². The molecule has 164 valence electrons. The van der Waals surface area contributed by atoms with Gasteiger partial charge in [-0.05, 0) is 31.5 Å². The van der Waals surface area contributed by atoms with E-state index in [-0.39, 0.29) is 47.0 Å². The number of hydrogen-bond acceptors (Lipinski definition) is 8. The average molecular weight is 438 g/mol. The molecule has 11 heteroatoms. The minimum atomic E-state index is -4.65. The zero-order valence-corrected chi connectivity index (χ0v) is 16.7. The molecule has 2 aromatic rings. The molecule has 0 aliphatic heterocycles. The van der Waals surface area contributed by atoms with Crippen molar-refractivity contribution in [3.63, 3.8) is 0 Å². The number of benzene rings is 1. The Labute approximate surface area is 175 Å². The molecule has 0 aliphatic rings. The summed E-state index contributed by atoms with van der Waals surface area (Å²) in [5, 5.41) is 8.53. The Balaban J connectivity index is 2.67. The van der Waals surface area contributed by atoms with Crippen molar-refractivity contribution in [1.29, 1.82) is 5.26 Å². The molecule has 0 radical (unpaired) electrons. The number of carbonyl (C=O) groups is 2. The minimum absolute atomic E-state index is 0.0536. The van der Waals surface area contributed by atoms with Gasteiger partial charge in [-0.2, -0.15) is 18.4 Å². The number of aromatic nitrogens is 1. The highest BCUT2D eigenvalue weighted by atomic mass is 19.4. The van der Waals surface area contributed by atoms with Crippen molar-refractivity contribution < 1.29 is 41.7 Å². The summed E-state index contributed by atoms with van der Waals surface area (Å²) in [5.74, 6) is -0.526. The van der Waals surface area contributed by atoms with E-state index < -0.39 is 24.1 Å². The summed E-state index contributed by atoms with van der Waals surface area (Å²) < 4.78 is 59.2. The topological polar surface area (TPSA) is 108 Å². The molecule has 0 spiro atoms. The lowest BCUT2D eigenvalue weighted by Crippen LogP contribution is -2.15. The fourth-order valence-electron chi connectivity index (χ4n) is 2.60. The number of alkyl halides is 3. The first-order valence-electron chi connectivity index (χ1n) is 8.74. The molecule has 31 heavy (non-hydrogen) atoms. The van der Waals surface area contributed by atoms with Gasteiger partial charge in [0.15, 0.2) is 11.5 Å². The fourth-order valence-corrected chi connectivity index (χ4v) is 2.60. The molecule has 1 aromatic carbocycles. The van der Waals surface area contributed by atoms with Crippen LogP contribution in [0.2, 0.25) is 0 Å². The molecule has 0 aliphatic carbocycles. The van der Waals surface area contributed by atoms with Gasteiger partial charge >= 0.3 is 18.5 Å². The van der Waals surface area contributed by atoms with Crippen LogP contribution in [0.1, 0.15) is 23.4 Å². The maximum absolute atomic E-state index is 13.2. The van der Waals surface area contributed by atoms with Crippen LogP contribution in [0.25, 0.3) is 11.1 Å². The van der Waals surface area contributed by atoms with Crippen molar-refractivity contribution in [2.45, 2.75) is 26.4 Å². The zero-order valence-electron chi connectivity index (χ0n) is 16.7. The van der Waals surface area contributed by atoms with E-state index in [2.05, 4.69) is 9.72 Å². The van der Waals surface area contributed by atoms with Gasteiger partial charge in [-0.25, -0.2) is 9.59 Å². The Kier molecular flexibility index (Phi) is 7.42. The molecular weight excluding hydrogens is 421 g/mol. The molecule has 0 saturated heterocycles. The Morgan fingerprint density at radius 2 is 1.71 bits per heavy atom. The fraction of sp³-hybridized carbons (Fsp3) is 0.300. The first kappa shape index (κ1) is 23.5. The van der Waals surface area contributed by atoms with Gasteiger partial charge in [0.1, 0.15) is 6.61 Å². The lowest BCUT2D eigenvalue weighted by atomic mass is 9.99. The van der Waals surface area contributed by atoms with Crippen molar-refractivity contribution in [1.82, 2.24) is 4.98 Å². The highest BCUT2D eigenvalue weighted by Gasteiger charge is 2.32. The average Bonchev–Trinajstić information content (AvgIpc) is 2.71.